The molecule has 2 amide bonds. The standard InChI is InChI=1S/C12H17N3O3/c1-18-7-6-15-8-10(4-5-11(15)16)14-12(17)13-9-2-3-9/h4-5,8-9H,2-3,6-7H2,1H3,(H2,13,14,17). The Morgan fingerprint density at radius 3 is 2.94 bits per heavy atom. The van der Waals surface area contributed by atoms with Gasteiger partial charge in [-0.2, -0.15) is 0 Å². The first-order chi connectivity index (χ1) is 8.69. The second kappa shape index (κ2) is 5.68. The molecule has 18 heavy (non-hydrogen) atoms. The van der Waals surface area contributed by atoms with Gasteiger partial charge >= 0.3 is 6.03 Å². The zero-order valence-electron chi connectivity index (χ0n) is 10.3. The van der Waals surface area contributed by atoms with Crippen molar-refractivity contribution in [1.82, 2.24) is 9.88 Å². The Morgan fingerprint density at radius 1 is 1.50 bits per heavy atom. The maximum Gasteiger partial charge on any atom is 0.319 e. The van der Waals surface area contributed by atoms with E-state index in [4.69, 9.17) is 4.74 Å². The van der Waals surface area contributed by atoms with Crippen LogP contribution in [0.25, 0.3) is 0 Å². The molecule has 1 aromatic rings. The summed E-state index contributed by atoms with van der Waals surface area (Å²) in [4.78, 5) is 23.1. The highest BCUT2D eigenvalue weighted by atomic mass is 16.5. The molecule has 0 aromatic carbocycles. The lowest BCUT2D eigenvalue weighted by molar-refractivity contribution is 0.186. The number of nitrogens with one attached hydrogen (secondary N) is 2. The molecule has 6 nitrogen and oxygen atoms in total. The first kappa shape index (κ1) is 12.6. The molecule has 0 radical (unpaired) electrons. The van der Waals surface area contributed by atoms with Crippen molar-refractivity contribution >= 4 is 11.7 Å². The molecular weight excluding hydrogens is 234 g/mol. The van der Waals surface area contributed by atoms with Gasteiger partial charge in [0, 0.05) is 32.0 Å². The zero-order chi connectivity index (χ0) is 13.0. The number of amides is 2. The molecule has 98 valence electrons. The fraction of sp³-hybridized carbons (Fsp3) is 0.500. The lowest BCUT2D eigenvalue weighted by Gasteiger charge is -2.09. The van der Waals surface area contributed by atoms with Crippen LogP contribution in [0.3, 0.4) is 0 Å². The van der Waals surface area contributed by atoms with Crippen LogP contribution in [0.4, 0.5) is 10.5 Å². The number of carbonyl (C=O) groups is 1. The van der Waals surface area contributed by atoms with Crippen molar-refractivity contribution in [2.75, 3.05) is 19.0 Å². The molecule has 1 fully saturated rings. The quantitative estimate of drug-likeness (QED) is 0.812. The Morgan fingerprint density at radius 2 is 2.28 bits per heavy atom. The van der Waals surface area contributed by atoms with Gasteiger partial charge in [-0.3, -0.25) is 4.79 Å². The predicted octanol–water partition coefficient (Wildman–Crippen LogP) is 0.779. The second-order valence-corrected chi connectivity index (χ2v) is 4.31. The van der Waals surface area contributed by atoms with Gasteiger partial charge in [0.1, 0.15) is 0 Å². The monoisotopic (exact) mass is 251 g/mol. The largest absolute Gasteiger partial charge is 0.383 e. The molecule has 1 saturated carbocycles. The highest BCUT2D eigenvalue weighted by Crippen LogP contribution is 2.18. The third kappa shape index (κ3) is 3.59. The summed E-state index contributed by atoms with van der Waals surface area (Å²) in [6, 6.07) is 3.11. The molecule has 1 aromatic heterocycles. The number of aromatic nitrogens is 1. The van der Waals surface area contributed by atoms with E-state index in [-0.39, 0.29) is 11.6 Å². The number of anilines is 1. The van der Waals surface area contributed by atoms with E-state index in [2.05, 4.69) is 10.6 Å². The predicted molar refractivity (Wildman–Crippen MR) is 67.8 cm³/mol. The van der Waals surface area contributed by atoms with Crippen molar-refractivity contribution in [2.24, 2.45) is 0 Å². The average Bonchev–Trinajstić information content (AvgIpc) is 3.13. The number of rotatable bonds is 5. The molecule has 2 rings (SSSR count). The number of nitrogens with zero attached hydrogens (tertiary/aromatic N) is 1. The van der Waals surface area contributed by atoms with Crippen molar-refractivity contribution < 1.29 is 9.53 Å². The first-order valence-corrected chi connectivity index (χ1v) is 5.96. The Hall–Kier alpha value is -1.82. The van der Waals surface area contributed by atoms with Crippen molar-refractivity contribution in [3.63, 3.8) is 0 Å². The Kier molecular flexibility index (Phi) is 3.99. The molecule has 0 bridgehead atoms. The zero-order valence-corrected chi connectivity index (χ0v) is 10.3. The van der Waals surface area contributed by atoms with Crippen LogP contribution < -0.4 is 16.2 Å². The van der Waals surface area contributed by atoms with Gasteiger partial charge < -0.3 is 19.9 Å². The maximum absolute atomic E-state index is 11.5. The summed E-state index contributed by atoms with van der Waals surface area (Å²) < 4.78 is 6.43. The van der Waals surface area contributed by atoms with E-state index in [1.165, 1.54) is 10.6 Å². The normalized spacial score (nSPS) is 14.3. The van der Waals surface area contributed by atoms with Gasteiger partial charge in [0.15, 0.2) is 0 Å². The van der Waals surface area contributed by atoms with Crippen LogP contribution in [0.1, 0.15) is 12.8 Å². The number of carbonyl (C=O) groups excluding carboxylic acids is 1. The number of hydrogen-bond donors (Lipinski definition) is 2. The van der Waals surface area contributed by atoms with Gasteiger partial charge in [0.05, 0.1) is 12.3 Å². The molecule has 1 heterocycles. The van der Waals surface area contributed by atoms with Crippen LogP contribution in [-0.2, 0) is 11.3 Å². The number of methoxy groups -OCH3 is 1. The van der Waals surface area contributed by atoms with E-state index in [0.717, 1.165) is 12.8 Å². The molecule has 6 heteroatoms. The smallest absolute Gasteiger partial charge is 0.319 e. The molecule has 0 spiro atoms. The van der Waals surface area contributed by atoms with Gasteiger partial charge in [-0.15, -0.1) is 0 Å². The Balaban J connectivity index is 1.98. The third-order valence-electron chi connectivity index (χ3n) is 2.69. The summed E-state index contributed by atoms with van der Waals surface area (Å²) in [5.41, 5.74) is 0.490. The SMILES string of the molecule is COCCn1cc(NC(=O)NC2CC2)ccc1=O. The minimum atomic E-state index is -0.227. The fourth-order valence-electron chi connectivity index (χ4n) is 1.55. The highest BCUT2D eigenvalue weighted by Gasteiger charge is 2.23. The molecule has 0 aliphatic heterocycles. The number of hydrogen-bond acceptors (Lipinski definition) is 3. The summed E-state index contributed by atoms with van der Waals surface area (Å²) in [6.45, 7) is 0.923. The maximum atomic E-state index is 11.5. The van der Waals surface area contributed by atoms with E-state index in [1.807, 2.05) is 0 Å². The number of pyridine rings is 1. The molecule has 0 unspecified atom stereocenters. The summed E-state index contributed by atoms with van der Waals surface area (Å²) in [5.74, 6) is 0. The average molecular weight is 251 g/mol. The summed E-state index contributed by atoms with van der Waals surface area (Å²) >= 11 is 0. The highest BCUT2D eigenvalue weighted by molar-refractivity contribution is 5.89. The summed E-state index contributed by atoms with van der Waals surface area (Å²) in [7, 11) is 1.58. The Bertz CT molecular complexity index is 480. The van der Waals surface area contributed by atoms with E-state index in [1.54, 1.807) is 19.4 Å². The molecule has 1 aliphatic rings. The Labute approximate surface area is 105 Å². The van der Waals surface area contributed by atoms with Crippen LogP contribution in [0.2, 0.25) is 0 Å². The van der Waals surface area contributed by atoms with Crippen LogP contribution in [0.5, 0.6) is 0 Å². The molecular formula is C12H17N3O3. The molecule has 2 N–H and O–H groups in total. The fourth-order valence-corrected chi connectivity index (χ4v) is 1.55. The lowest BCUT2D eigenvalue weighted by Crippen LogP contribution is -2.31. The number of ether oxygens (including phenoxy) is 1. The van der Waals surface area contributed by atoms with E-state index in [9.17, 15) is 9.59 Å². The van der Waals surface area contributed by atoms with Crippen molar-refractivity contribution in [2.45, 2.75) is 25.4 Å². The minimum absolute atomic E-state index is 0.111. The van der Waals surface area contributed by atoms with Crippen LogP contribution in [-0.4, -0.2) is 30.4 Å². The van der Waals surface area contributed by atoms with Gasteiger partial charge in [-0.25, -0.2) is 4.79 Å². The van der Waals surface area contributed by atoms with Gasteiger partial charge in [-0.05, 0) is 18.9 Å². The van der Waals surface area contributed by atoms with Gasteiger partial charge in [0.2, 0.25) is 0 Å². The van der Waals surface area contributed by atoms with Crippen molar-refractivity contribution in [1.29, 1.82) is 0 Å². The first-order valence-electron chi connectivity index (χ1n) is 5.96. The van der Waals surface area contributed by atoms with Crippen LogP contribution in [0.15, 0.2) is 23.1 Å². The van der Waals surface area contributed by atoms with Crippen molar-refractivity contribution in [3.05, 3.63) is 28.7 Å². The van der Waals surface area contributed by atoms with Crippen LogP contribution in [0, 0.1) is 0 Å². The molecule has 0 saturated heterocycles. The van der Waals surface area contributed by atoms with E-state index in [0.29, 0.717) is 24.9 Å². The van der Waals surface area contributed by atoms with E-state index >= 15 is 0 Å². The van der Waals surface area contributed by atoms with Gasteiger partial charge in [0.25, 0.3) is 5.56 Å². The summed E-state index contributed by atoms with van der Waals surface area (Å²) in [5, 5.41) is 5.52. The summed E-state index contributed by atoms with van der Waals surface area (Å²) in [6.07, 6.45) is 3.70. The molecule has 1 aliphatic carbocycles. The number of urea groups is 1. The van der Waals surface area contributed by atoms with Crippen molar-refractivity contribution in [3.8, 4) is 0 Å². The lowest BCUT2D eigenvalue weighted by atomic mass is 10.4. The molecule has 0 atom stereocenters. The van der Waals surface area contributed by atoms with Crippen LogP contribution >= 0.6 is 0 Å². The second-order valence-electron chi connectivity index (χ2n) is 4.31. The van der Waals surface area contributed by atoms with Gasteiger partial charge in [-0.1, -0.05) is 0 Å². The third-order valence-corrected chi connectivity index (χ3v) is 2.69. The topological polar surface area (TPSA) is 72.4 Å². The van der Waals surface area contributed by atoms with E-state index < -0.39 is 0 Å². The minimum Gasteiger partial charge on any atom is -0.383 e.